The van der Waals surface area contributed by atoms with Crippen molar-refractivity contribution in [3.63, 3.8) is 0 Å². The van der Waals surface area contributed by atoms with Gasteiger partial charge in [-0.15, -0.1) is 0 Å². The molecule has 2 rings (SSSR count). The van der Waals surface area contributed by atoms with Crippen molar-refractivity contribution in [3.8, 4) is 0 Å². The Morgan fingerprint density at radius 2 is 1.88 bits per heavy atom. The molecule has 1 fully saturated rings. The van der Waals surface area contributed by atoms with E-state index in [0.717, 1.165) is 18.7 Å². The predicted octanol–water partition coefficient (Wildman–Crippen LogP) is 2.65. The van der Waals surface area contributed by atoms with Crippen LogP contribution in [-0.2, 0) is 0 Å². The molecular weight excluding hydrogens is 215 g/mol. The minimum absolute atomic E-state index is 0.167. The second kappa shape index (κ2) is 5.05. The number of nitrogens with zero attached hydrogens (tertiary/aromatic N) is 1. The van der Waals surface area contributed by atoms with Crippen LogP contribution in [0.4, 0.5) is 10.1 Å². The van der Waals surface area contributed by atoms with Crippen LogP contribution in [0.2, 0.25) is 0 Å². The monoisotopic (exact) mass is 236 g/mol. The van der Waals surface area contributed by atoms with Gasteiger partial charge in [0.25, 0.3) is 0 Å². The van der Waals surface area contributed by atoms with E-state index in [1.165, 1.54) is 12.1 Å². The van der Waals surface area contributed by atoms with E-state index < -0.39 is 0 Å². The first-order chi connectivity index (χ1) is 8.13. The number of nitrogens with one attached hydrogen (secondary N) is 1. The van der Waals surface area contributed by atoms with Crippen molar-refractivity contribution in [2.24, 2.45) is 5.92 Å². The third-order valence-electron chi connectivity index (χ3n) is 4.10. The van der Waals surface area contributed by atoms with Gasteiger partial charge in [0.1, 0.15) is 5.82 Å². The third-order valence-corrected chi connectivity index (χ3v) is 4.10. The molecule has 0 saturated carbocycles. The van der Waals surface area contributed by atoms with Crippen LogP contribution < -0.4 is 10.2 Å². The highest BCUT2D eigenvalue weighted by Crippen LogP contribution is 2.28. The molecule has 3 heteroatoms. The Kier molecular flexibility index (Phi) is 3.67. The summed E-state index contributed by atoms with van der Waals surface area (Å²) < 4.78 is 12.9. The molecule has 17 heavy (non-hydrogen) atoms. The Labute approximate surface area is 103 Å². The van der Waals surface area contributed by atoms with Crippen LogP contribution in [0.15, 0.2) is 24.3 Å². The number of hydrogen-bond acceptors (Lipinski definition) is 2. The average Bonchev–Trinajstić information content (AvgIpc) is 2.34. The molecule has 3 atom stereocenters. The lowest BCUT2D eigenvalue weighted by Crippen LogP contribution is -2.52. The zero-order valence-corrected chi connectivity index (χ0v) is 10.8. The van der Waals surface area contributed by atoms with E-state index in [4.69, 9.17) is 0 Å². The molecule has 3 unspecified atom stereocenters. The molecule has 0 amide bonds. The van der Waals surface area contributed by atoms with Gasteiger partial charge in [0.2, 0.25) is 0 Å². The van der Waals surface area contributed by atoms with Gasteiger partial charge >= 0.3 is 0 Å². The Bertz CT molecular complexity index is 363. The molecule has 94 valence electrons. The Balaban J connectivity index is 2.15. The molecule has 1 aliphatic rings. The number of anilines is 1. The number of hydrogen-bond donors (Lipinski definition) is 1. The third kappa shape index (κ3) is 2.44. The van der Waals surface area contributed by atoms with Gasteiger partial charge in [-0.25, -0.2) is 4.39 Å². The minimum Gasteiger partial charge on any atom is -0.368 e. The molecule has 0 radical (unpaired) electrons. The maximum atomic E-state index is 12.9. The maximum absolute atomic E-state index is 12.9. The fourth-order valence-corrected chi connectivity index (χ4v) is 2.77. The molecule has 1 saturated heterocycles. The van der Waals surface area contributed by atoms with Crippen molar-refractivity contribution in [1.29, 1.82) is 0 Å². The van der Waals surface area contributed by atoms with E-state index in [-0.39, 0.29) is 5.82 Å². The molecule has 1 aromatic carbocycles. The van der Waals surface area contributed by atoms with Crippen molar-refractivity contribution in [2.75, 3.05) is 18.5 Å². The van der Waals surface area contributed by atoms with E-state index in [1.807, 2.05) is 19.2 Å². The lowest BCUT2D eigenvalue weighted by Gasteiger charge is -2.44. The summed E-state index contributed by atoms with van der Waals surface area (Å²) in [7, 11) is 2.03. The van der Waals surface area contributed by atoms with E-state index >= 15 is 0 Å². The van der Waals surface area contributed by atoms with Crippen molar-refractivity contribution in [2.45, 2.75) is 32.4 Å². The molecule has 0 spiro atoms. The second-order valence-electron chi connectivity index (χ2n) is 4.95. The van der Waals surface area contributed by atoms with Crippen molar-refractivity contribution in [1.82, 2.24) is 5.32 Å². The van der Waals surface area contributed by atoms with Crippen LogP contribution in [0.5, 0.6) is 0 Å². The Hall–Kier alpha value is -1.09. The first kappa shape index (κ1) is 12.4. The Morgan fingerprint density at radius 3 is 2.47 bits per heavy atom. The van der Waals surface area contributed by atoms with Crippen molar-refractivity contribution >= 4 is 5.69 Å². The fraction of sp³-hybridized carbons (Fsp3) is 0.571. The highest BCUT2D eigenvalue weighted by atomic mass is 19.1. The van der Waals surface area contributed by atoms with E-state index in [9.17, 15) is 4.39 Å². The summed E-state index contributed by atoms with van der Waals surface area (Å²) in [5.74, 6) is 0.429. The topological polar surface area (TPSA) is 15.3 Å². The van der Waals surface area contributed by atoms with Crippen molar-refractivity contribution < 1.29 is 4.39 Å². The SMILES string of the molecule is CNC1CCN(c2ccc(F)cc2)C(C)C1C. The zero-order chi connectivity index (χ0) is 12.4. The van der Waals surface area contributed by atoms with Gasteiger partial charge in [0, 0.05) is 24.3 Å². The summed E-state index contributed by atoms with van der Waals surface area (Å²) in [6, 6.07) is 7.89. The number of rotatable bonds is 2. The van der Waals surface area contributed by atoms with Gasteiger partial charge in [-0.1, -0.05) is 6.92 Å². The zero-order valence-electron chi connectivity index (χ0n) is 10.8. The molecule has 2 nitrogen and oxygen atoms in total. The standard InChI is InChI=1S/C14H21FN2/c1-10-11(2)17(9-8-14(10)16-3)13-6-4-12(15)5-7-13/h4-7,10-11,14,16H,8-9H2,1-3H3. The lowest BCUT2D eigenvalue weighted by atomic mass is 9.87. The van der Waals surface area contributed by atoms with E-state index in [2.05, 4.69) is 24.1 Å². The number of piperidine rings is 1. The highest BCUT2D eigenvalue weighted by Gasteiger charge is 2.31. The normalized spacial score (nSPS) is 29.4. The van der Waals surface area contributed by atoms with Gasteiger partial charge in [-0.05, 0) is 50.6 Å². The second-order valence-corrected chi connectivity index (χ2v) is 4.95. The first-order valence-electron chi connectivity index (χ1n) is 6.33. The largest absolute Gasteiger partial charge is 0.368 e. The number of halogens is 1. The quantitative estimate of drug-likeness (QED) is 0.849. The molecule has 0 aliphatic carbocycles. The summed E-state index contributed by atoms with van der Waals surface area (Å²) in [5.41, 5.74) is 1.13. The van der Waals surface area contributed by atoms with Crippen LogP contribution >= 0.6 is 0 Å². The van der Waals surface area contributed by atoms with Gasteiger partial charge in [0.05, 0.1) is 0 Å². The summed E-state index contributed by atoms with van der Waals surface area (Å²) >= 11 is 0. The lowest BCUT2D eigenvalue weighted by molar-refractivity contribution is 0.282. The predicted molar refractivity (Wildman–Crippen MR) is 69.8 cm³/mol. The molecule has 0 aromatic heterocycles. The molecule has 1 N–H and O–H groups in total. The highest BCUT2D eigenvalue weighted by molar-refractivity contribution is 5.48. The fourth-order valence-electron chi connectivity index (χ4n) is 2.77. The van der Waals surface area contributed by atoms with Crippen molar-refractivity contribution in [3.05, 3.63) is 30.1 Å². The minimum atomic E-state index is -0.167. The van der Waals surface area contributed by atoms with Gasteiger partial charge in [-0.2, -0.15) is 0 Å². The van der Waals surface area contributed by atoms with Gasteiger partial charge in [-0.3, -0.25) is 0 Å². The van der Waals surface area contributed by atoms with Gasteiger partial charge < -0.3 is 10.2 Å². The number of benzene rings is 1. The van der Waals surface area contributed by atoms with E-state index in [1.54, 1.807) is 0 Å². The molecule has 1 heterocycles. The Morgan fingerprint density at radius 1 is 1.24 bits per heavy atom. The van der Waals surface area contributed by atoms with Crippen LogP contribution in [-0.4, -0.2) is 25.7 Å². The van der Waals surface area contributed by atoms with E-state index in [0.29, 0.717) is 18.0 Å². The molecule has 0 bridgehead atoms. The summed E-state index contributed by atoms with van der Waals surface area (Å²) in [6.45, 7) is 5.56. The van der Waals surface area contributed by atoms with Gasteiger partial charge in [0.15, 0.2) is 0 Å². The van der Waals surface area contributed by atoms with Crippen LogP contribution in [0.3, 0.4) is 0 Å². The summed E-state index contributed by atoms with van der Waals surface area (Å²) in [4.78, 5) is 2.37. The summed E-state index contributed by atoms with van der Waals surface area (Å²) in [6.07, 6.45) is 1.14. The smallest absolute Gasteiger partial charge is 0.123 e. The van der Waals surface area contributed by atoms with Crippen LogP contribution in [0, 0.1) is 11.7 Å². The van der Waals surface area contributed by atoms with Crippen LogP contribution in [0.25, 0.3) is 0 Å². The molecule has 1 aliphatic heterocycles. The average molecular weight is 236 g/mol. The first-order valence-corrected chi connectivity index (χ1v) is 6.33. The molecule has 1 aromatic rings. The summed E-state index contributed by atoms with van der Waals surface area (Å²) in [5, 5.41) is 3.38. The maximum Gasteiger partial charge on any atom is 0.123 e. The molecular formula is C14H21FN2. The van der Waals surface area contributed by atoms with Crippen LogP contribution in [0.1, 0.15) is 20.3 Å².